The van der Waals surface area contributed by atoms with Crippen LogP contribution in [0.5, 0.6) is 0 Å². The highest BCUT2D eigenvalue weighted by molar-refractivity contribution is 5.71. The van der Waals surface area contributed by atoms with Gasteiger partial charge in [0.1, 0.15) is 13.2 Å². The number of ether oxygens (including phenoxy) is 3. The fourth-order valence-electron chi connectivity index (χ4n) is 7.39. The molecule has 0 saturated carbocycles. The minimum atomic E-state index is -0.837. The van der Waals surface area contributed by atoms with E-state index in [4.69, 9.17) is 14.2 Å². The summed E-state index contributed by atoms with van der Waals surface area (Å²) in [6, 6.07) is 0. The predicted molar refractivity (Wildman–Crippen MR) is 325 cm³/mol. The third kappa shape index (κ3) is 59.5. The summed E-state index contributed by atoms with van der Waals surface area (Å²) < 4.78 is 16.8. The van der Waals surface area contributed by atoms with Gasteiger partial charge in [0.15, 0.2) is 6.10 Å². The van der Waals surface area contributed by atoms with Crippen molar-refractivity contribution in [1.29, 1.82) is 0 Å². The molecule has 0 bridgehead atoms. The van der Waals surface area contributed by atoms with E-state index in [1.807, 2.05) is 12.2 Å². The zero-order valence-electron chi connectivity index (χ0n) is 47.7. The maximum atomic E-state index is 12.9. The monoisotopic (exact) mass is 1030 g/mol. The lowest BCUT2D eigenvalue weighted by Gasteiger charge is -2.18. The van der Waals surface area contributed by atoms with Crippen molar-refractivity contribution in [1.82, 2.24) is 0 Å². The van der Waals surface area contributed by atoms with Gasteiger partial charge in [-0.05, 0) is 135 Å². The maximum absolute atomic E-state index is 12.9. The number of hydrogen-bond donors (Lipinski definition) is 0. The highest BCUT2D eigenvalue weighted by Crippen LogP contribution is 2.13. The van der Waals surface area contributed by atoms with Crippen LogP contribution >= 0.6 is 0 Å². The summed E-state index contributed by atoms with van der Waals surface area (Å²) in [5.41, 5.74) is 0. The highest BCUT2D eigenvalue weighted by atomic mass is 16.6. The maximum Gasteiger partial charge on any atom is 0.306 e. The number of esters is 3. The Morgan fingerprint density at radius 1 is 0.267 bits per heavy atom. The first kappa shape index (κ1) is 69.8. The lowest BCUT2D eigenvalue weighted by atomic mass is 10.1. The molecular formula is C69H106O6. The Morgan fingerprint density at radius 2 is 0.507 bits per heavy atom. The molecule has 0 aromatic rings. The summed E-state index contributed by atoms with van der Waals surface area (Å²) in [5, 5.41) is 0. The van der Waals surface area contributed by atoms with Crippen molar-refractivity contribution in [2.24, 2.45) is 0 Å². The Kier molecular flexibility index (Phi) is 57.0. The van der Waals surface area contributed by atoms with Crippen molar-refractivity contribution in [3.05, 3.63) is 170 Å². The third-order valence-electron chi connectivity index (χ3n) is 11.7. The van der Waals surface area contributed by atoms with Crippen molar-refractivity contribution in [3.63, 3.8) is 0 Å². The molecule has 0 N–H and O–H groups in total. The second kappa shape index (κ2) is 61.3. The molecule has 0 amide bonds. The molecule has 0 rings (SSSR count). The van der Waals surface area contributed by atoms with Crippen LogP contribution in [-0.2, 0) is 28.6 Å². The van der Waals surface area contributed by atoms with Gasteiger partial charge in [0.2, 0.25) is 0 Å². The normalized spacial score (nSPS) is 13.4. The molecule has 1 unspecified atom stereocenters. The second-order valence-corrected chi connectivity index (χ2v) is 18.8. The summed E-state index contributed by atoms with van der Waals surface area (Å²) in [6.45, 7) is 6.18. The largest absolute Gasteiger partial charge is 0.462 e. The molecule has 0 aromatic carbocycles. The summed E-state index contributed by atoms with van der Waals surface area (Å²) in [7, 11) is 0. The van der Waals surface area contributed by atoms with Crippen molar-refractivity contribution in [2.45, 2.75) is 232 Å². The smallest absolute Gasteiger partial charge is 0.306 e. The van der Waals surface area contributed by atoms with Gasteiger partial charge in [0, 0.05) is 19.3 Å². The van der Waals surface area contributed by atoms with Crippen LogP contribution in [0.1, 0.15) is 226 Å². The lowest BCUT2D eigenvalue weighted by molar-refractivity contribution is -0.166. The lowest BCUT2D eigenvalue weighted by Crippen LogP contribution is -2.30. The summed E-state index contributed by atoms with van der Waals surface area (Å²) >= 11 is 0. The molecule has 0 spiro atoms. The van der Waals surface area contributed by atoms with E-state index in [1.54, 1.807) is 0 Å². The minimum absolute atomic E-state index is 0.125. The van der Waals surface area contributed by atoms with Gasteiger partial charge in [0.25, 0.3) is 0 Å². The average Bonchev–Trinajstić information content (AvgIpc) is 3.41. The van der Waals surface area contributed by atoms with Crippen LogP contribution in [0.15, 0.2) is 170 Å². The van der Waals surface area contributed by atoms with Gasteiger partial charge >= 0.3 is 17.9 Å². The first-order chi connectivity index (χ1) is 37.0. The van der Waals surface area contributed by atoms with Crippen LogP contribution in [0.3, 0.4) is 0 Å². The molecule has 0 aromatic heterocycles. The number of unbranched alkanes of at least 4 members (excludes halogenated alkanes) is 12. The zero-order chi connectivity index (χ0) is 54.3. The Hall–Kier alpha value is -5.23. The van der Waals surface area contributed by atoms with E-state index >= 15 is 0 Å². The summed E-state index contributed by atoms with van der Waals surface area (Å²) in [4.78, 5) is 38.2. The number of carbonyl (C=O) groups is 3. The van der Waals surface area contributed by atoms with Crippen LogP contribution in [-0.4, -0.2) is 37.2 Å². The van der Waals surface area contributed by atoms with Gasteiger partial charge in [-0.1, -0.05) is 242 Å². The van der Waals surface area contributed by atoms with E-state index in [0.29, 0.717) is 19.3 Å². The molecule has 0 aliphatic carbocycles. The molecule has 6 nitrogen and oxygen atoms in total. The van der Waals surface area contributed by atoms with Gasteiger partial charge < -0.3 is 14.2 Å². The van der Waals surface area contributed by atoms with Crippen molar-refractivity contribution in [3.8, 4) is 0 Å². The standard InChI is InChI=1S/C69H106O6/c1-4-7-10-13-16-19-22-25-27-29-31-32-33-34-35-36-38-39-41-44-47-50-53-56-59-62-68(71)74-65-66(64-73-67(70)61-58-55-52-49-46-43-24-21-18-15-12-9-6-3)75-69(72)63-60-57-54-51-48-45-42-40-37-30-28-26-23-20-17-14-11-8-5-2/h7-12,16-21,25-28,31-32,34-35,37,40,43,45-46,48,52,55,66H,4-6,13-15,22-24,29-30,33,36,38-39,41-42,44,47,49-51,53-54,56-65H2,1-3H3/b10-7-,11-8-,12-9-,19-16-,20-17-,21-18-,27-25-,28-26-,32-31-,35-34-,40-37-,46-43-,48-45-,55-52-. The first-order valence-electron chi connectivity index (χ1n) is 29.6. The van der Waals surface area contributed by atoms with E-state index in [9.17, 15) is 14.4 Å². The fraction of sp³-hybridized carbons (Fsp3) is 0.551. The number of carbonyl (C=O) groups excluding carboxylic acids is 3. The second-order valence-electron chi connectivity index (χ2n) is 18.8. The molecule has 6 heteroatoms. The van der Waals surface area contributed by atoms with Crippen molar-refractivity contribution in [2.75, 3.05) is 13.2 Å². The van der Waals surface area contributed by atoms with Gasteiger partial charge in [-0.15, -0.1) is 0 Å². The Bertz CT molecular complexity index is 1750. The van der Waals surface area contributed by atoms with E-state index in [-0.39, 0.29) is 44.0 Å². The van der Waals surface area contributed by atoms with E-state index in [1.165, 1.54) is 38.5 Å². The van der Waals surface area contributed by atoms with Crippen LogP contribution in [0, 0.1) is 0 Å². The minimum Gasteiger partial charge on any atom is -0.462 e. The van der Waals surface area contributed by atoms with E-state index in [0.717, 1.165) is 135 Å². The zero-order valence-corrected chi connectivity index (χ0v) is 47.7. The van der Waals surface area contributed by atoms with Gasteiger partial charge in [-0.25, -0.2) is 0 Å². The van der Waals surface area contributed by atoms with Gasteiger partial charge in [-0.3, -0.25) is 14.4 Å². The molecule has 0 heterocycles. The molecular weight excluding hydrogens is 925 g/mol. The fourth-order valence-corrected chi connectivity index (χ4v) is 7.39. The van der Waals surface area contributed by atoms with Crippen molar-refractivity contribution >= 4 is 17.9 Å². The molecule has 418 valence electrons. The molecule has 0 saturated heterocycles. The predicted octanol–water partition coefficient (Wildman–Crippen LogP) is 20.3. The Labute approximate surface area is 460 Å². The van der Waals surface area contributed by atoms with Crippen molar-refractivity contribution < 1.29 is 28.6 Å². The Morgan fingerprint density at radius 3 is 0.840 bits per heavy atom. The topological polar surface area (TPSA) is 78.9 Å². The van der Waals surface area contributed by atoms with Crippen LogP contribution in [0.2, 0.25) is 0 Å². The number of allylic oxidation sites excluding steroid dienone is 28. The quantitative estimate of drug-likeness (QED) is 0.0261. The molecule has 0 radical (unpaired) electrons. The first-order valence-corrected chi connectivity index (χ1v) is 29.6. The number of rotatable bonds is 51. The molecule has 0 aliphatic heterocycles. The Balaban J connectivity index is 4.48. The SMILES string of the molecule is CC/C=C\C/C=C\C/C=C\C/C=C\C/C=C\CCCCCCCCCCCC(=O)OCC(COC(=O)CC/C=C\C/C=C\C/C=C\C/C=C\CC)OC(=O)CCCCC/C=C\C/C=C\C/C=C\C/C=C\C/C=C\CC. The van der Waals surface area contributed by atoms with E-state index in [2.05, 4.69) is 179 Å². The molecule has 0 aliphatic rings. The summed E-state index contributed by atoms with van der Waals surface area (Å²) in [6.07, 6.45) is 90.8. The van der Waals surface area contributed by atoms with E-state index < -0.39 is 6.10 Å². The van der Waals surface area contributed by atoms with Gasteiger partial charge in [0.05, 0.1) is 0 Å². The number of hydrogen-bond acceptors (Lipinski definition) is 6. The molecule has 0 fully saturated rings. The highest BCUT2D eigenvalue weighted by Gasteiger charge is 2.19. The van der Waals surface area contributed by atoms with Gasteiger partial charge in [-0.2, -0.15) is 0 Å². The van der Waals surface area contributed by atoms with Crippen LogP contribution in [0.4, 0.5) is 0 Å². The molecule has 75 heavy (non-hydrogen) atoms. The molecule has 1 atom stereocenters. The third-order valence-corrected chi connectivity index (χ3v) is 11.7. The van der Waals surface area contributed by atoms with Crippen LogP contribution in [0.25, 0.3) is 0 Å². The average molecular weight is 1030 g/mol. The summed E-state index contributed by atoms with van der Waals surface area (Å²) in [5.74, 6) is -1.06. The van der Waals surface area contributed by atoms with Crippen LogP contribution < -0.4 is 0 Å².